The van der Waals surface area contributed by atoms with Crippen molar-refractivity contribution in [2.45, 2.75) is 22.6 Å². The van der Waals surface area contributed by atoms with Gasteiger partial charge in [0, 0.05) is 39.2 Å². The minimum atomic E-state index is -0.214. The fourth-order valence-corrected chi connectivity index (χ4v) is 4.23. The normalized spacial score (nSPS) is 13.7. The zero-order chi connectivity index (χ0) is 20.8. The lowest BCUT2D eigenvalue weighted by Gasteiger charge is -2.17. The fraction of sp³-hybridized carbons (Fsp3) is 0.167. The van der Waals surface area contributed by atoms with Crippen LogP contribution < -0.4 is 10.3 Å². The minimum absolute atomic E-state index is 0.214. The van der Waals surface area contributed by atoms with Crippen LogP contribution in [0.3, 0.4) is 0 Å². The number of hydrazone groups is 1. The Morgan fingerprint density at radius 3 is 2.13 bits per heavy atom. The predicted molar refractivity (Wildman–Crippen MR) is 125 cm³/mol. The van der Waals surface area contributed by atoms with Crippen LogP contribution in [0.1, 0.15) is 28.8 Å². The molecule has 0 bridgehead atoms. The van der Waals surface area contributed by atoms with Crippen LogP contribution in [0.15, 0.2) is 87.7 Å². The van der Waals surface area contributed by atoms with E-state index in [4.69, 9.17) is 11.6 Å². The summed E-state index contributed by atoms with van der Waals surface area (Å²) in [6, 6.07) is 23.5. The maximum absolute atomic E-state index is 12.3. The van der Waals surface area contributed by atoms with Crippen molar-refractivity contribution in [3.05, 3.63) is 88.9 Å². The molecule has 0 aliphatic carbocycles. The topological polar surface area (TPSA) is 44.7 Å². The van der Waals surface area contributed by atoms with Gasteiger partial charge >= 0.3 is 0 Å². The van der Waals surface area contributed by atoms with Gasteiger partial charge in [-0.3, -0.25) is 4.79 Å². The quantitative estimate of drug-likeness (QED) is 0.390. The van der Waals surface area contributed by atoms with E-state index in [1.807, 2.05) is 72.8 Å². The molecular formula is C24H22ClN3OS. The monoisotopic (exact) mass is 435 g/mol. The third kappa shape index (κ3) is 5.43. The van der Waals surface area contributed by atoms with Gasteiger partial charge < -0.3 is 4.90 Å². The summed E-state index contributed by atoms with van der Waals surface area (Å²) in [5.74, 6) is -0.214. The zero-order valence-electron chi connectivity index (χ0n) is 16.4. The number of hydrogen-bond donors (Lipinski definition) is 1. The van der Waals surface area contributed by atoms with E-state index in [0.29, 0.717) is 5.56 Å². The maximum atomic E-state index is 12.3. The molecule has 0 saturated carbocycles. The molecule has 0 aromatic heterocycles. The molecule has 1 amide bonds. The number of carbonyl (C=O) groups excluding carboxylic acids is 1. The second-order valence-corrected chi connectivity index (χ2v) is 8.65. The van der Waals surface area contributed by atoms with Crippen LogP contribution >= 0.6 is 23.4 Å². The molecule has 1 N–H and O–H groups in total. The van der Waals surface area contributed by atoms with E-state index >= 15 is 0 Å². The van der Waals surface area contributed by atoms with Crippen LogP contribution in [0.5, 0.6) is 0 Å². The molecule has 0 radical (unpaired) electrons. The van der Waals surface area contributed by atoms with Gasteiger partial charge in [-0.25, -0.2) is 5.43 Å². The maximum Gasteiger partial charge on any atom is 0.271 e. The second-order valence-electron chi connectivity index (χ2n) is 7.07. The average molecular weight is 436 g/mol. The van der Waals surface area contributed by atoms with Gasteiger partial charge in [0.25, 0.3) is 5.91 Å². The van der Waals surface area contributed by atoms with E-state index in [-0.39, 0.29) is 5.91 Å². The molecule has 0 unspecified atom stereocenters. The van der Waals surface area contributed by atoms with Gasteiger partial charge in [-0.05, 0) is 79.1 Å². The first-order valence-corrected chi connectivity index (χ1v) is 11.1. The van der Waals surface area contributed by atoms with Crippen molar-refractivity contribution in [3.63, 3.8) is 0 Å². The first kappa shape index (κ1) is 20.5. The van der Waals surface area contributed by atoms with Crippen LogP contribution in [-0.4, -0.2) is 25.2 Å². The van der Waals surface area contributed by atoms with Gasteiger partial charge in [-0.1, -0.05) is 35.5 Å². The predicted octanol–water partition coefficient (Wildman–Crippen LogP) is 5.86. The molecule has 4 nitrogen and oxygen atoms in total. The molecule has 6 heteroatoms. The summed E-state index contributed by atoms with van der Waals surface area (Å²) in [7, 11) is 0. The molecule has 1 saturated heterocycles. The Morgan fingerprint density at radius 1 is 0.900 bits per heavy atom. The Labute approximate surface area is 185 Å². The number of nitrogens with zero attached hydrogens (tertiary/aromatic N) is 2. The van der Waals surface area contributed by atoms with Crippen LogP contribution in [0, 0.1) is 0 Å². The first-order chi connectivity index (χ1) is 14.7. The van der Waals surface area contributed by atoms with Gasteiger partial charge in [0.2, 0.25) is 0 Å². The zero-order valence-corrected chi connectivity index (χ0v) is 18.0. The minimum Gasteiger partial charge on any atom is -0.372 e. The number of nitrogens with one attached hydrogen (secondary N) is 1. The molecule has 152 valence electrons. The highest BCUT2D eigenvalue weighted by Crippen LogP contribution is 2.28. The highest BCUT2D eigenvalue weighted by molar-refractivity contribution is 7.99. The van der Waals surface area contributed by atoms with E-state index < -0.39 is 0 Å². The molecule has 3 aromatic rings. The van der Waals surface area contributed by atoms with Crippen LogP contribution in [0.2, 0.25) is 5.02 Å². The molecule has 0 spiro atoms. The molecular weight excluding hydrogens is 414 g/mol. The van der Waals surface area contributed by atoms with Gasteiger partial charge in [-0.2, -0.15) is 5.10 Å². The van der Waals surface area contributed by atoms with Crippen LogP contribution in [-0.2, 0) is 0 Å². The molecule has 3 aromatic carbocycles. The standard InChI is InChI=1S/C24H22ClN3OS/c25-20-7-13-23(14-8-20)30-22-11-3-18(4-12-22)17-26-27-24(29)19-5-9-21(10-6-19)28-15-1-2-16-28/h3-14,17H,1-2,15-16H2,(H,27,29)/b26-17-. The van der Waals surface area contributed by atoms with Crippen molar-refractivity contribution in [3.8, 4) is 0 Å². The third-order valence-corrected chi connectivity index (χ3v) is 6.18. The first-order valence-electron chi connectivity index (χ1n) is 9.89. The summed E-state index contributed by atoms with van der Waals surface area (Å²) in [6.07, 6.45) is 4.11. The summed E-state index contributed by atoms with van der Waals surface area (Å²) in [6.45, 7) is 2.18. The second kappa shape index (κ2) is 9.83. The SMILES string of the molecule is O=C(N/N=C\c1ccc(Sc2ccc(Cl)cc2)cc1)c1ccc(N2CCCC2)cc1. The van der Waals surface area contributed by atoms with E-state index in [1.54, 1.807) is 18.0 Å². The van der Waals surface area contributed by atoms with Crippen molar-refractivity contribution in [2.75, 3.05) is 18.0 Å². The lowest BCUT2D eigenvalue weighted by molar-refractivity contribution is 0.0955. The van der Waals surface area contributed by atoms with Crippen molar-refractivity contribution >= 4 is 41.2 Å². The van der Waals surface area contributed by atoms with Gasteiger partial charge in [0.05, 0.1) is 6.21 Å². The Balaban J connectivity index is 1.30. The van der Waals surface area contributed by atoms with Crippen molar-refractivity contribution in [1.29, 1.82) is 0 Å². The average Bonchev–Trinajstić information content (AvgIpc) is 3.32. The van der Waals surface area contributed by atoms with E-state index in [2.05, 4.69) is 15.4 Å². The van der Waals surface area contributed by atoms with Gasteiger partial charge in [-0.15, -0.1) is 0 Å². The largest absolute Gasteiger partial charge is 0.372 e. The van der Waals surface area contributed by atoms with E-state index in [0.717, 1.165) is 33.5 Å². The Bertz CT molecular complexity index is 1010. The van der Waals surface area contributed by atoms with E-state index in [9.17, 15) is 4.79 Å². The molecule has 30 heavy (non-hydrogen) atoms. The summed E-state index contributed by atoms with van der Waals surface area (Å²) in [4.78, 5) is 16.9. The Morgan fingerprint density at radius 2 is 1.50 bits per heavy atom. The van der Waals surface area contributed by atoms with Crippen molar-refractivity contribution < 1.29 is 4.79 Å². The number of anilines is 1. The van der Waals surface area contributed by atoms with Crippen molar-refractivity contribution in [1.82, 2.24) is 5.43 Å². The smallest absolute Gasteiger partial charge is 0.271 e. The van der Waals surface area contributed by atoms with E-state index in [1.165, 1.54) is 18.5 Å². The number of amides is 1. The molecule has 1 fully saturated rings. The summed E-state index contributed by atoms with van der Waals surface area (Å²) >= 11 is 7.59. The Hall–Kier alpha value is -2.76. The number of carbonyl (C=O) groups is 1. The lowest BCUT2D eigenvalue weighted by Crippen LogP contribution is -2.19. The molecule has 1 heterocycles. The molecule has 0 atom stereocenters. The summed E-state index contributed by atoms with van der Waals surface area (Å²) < 4.78 is 0. The number of benzene rings is 3. The number of halogens is 1. The molecule has 4 rings (SSSR count). The van der Waals surface area contributed by atoms with Crippen LogP contribution in [0.25, 0.3) is 0 Å². The highest BCUT2D eigenvalue weighted by atomic mass is 35.5. The highest BCUT2D eigenvalue weighted by Gasteiger charge is 2.12. The fourth-order valence-electron chi connectivity index (χ4n) is 3.29. The van der Waals surface area contributed by atoms with Gasteiger partial charge in [0.1, 0.15) is 0 Å². The molecule has 1 aliphatic rings. The lowest BCUT2D eigenvalue weighted by atomic mass is 10.2. The van der Waals surface area contributed by atoms with Crippen LogP contribution in [0.4, 0.5) is 5.69 Å². The van der Waals surface area contributed by atoms with Gasteiger partial charge in [0.15, 0.2) is 0 Å². The Kier molecular flexibility index (Phi) is 6.72. The third-order valence-electron chi connectivity index (χ3n) is 4.91. The van der Waals surface area contributed by atoms with Crippen molar-refractivity contribution in [2.24, 2.45) is 5.10 Å². The summed E-state index contributed by atoms with van der Waals surface area (Å²) in [5, 5.41) is 4.82. The molecule has 1 aliphatic heterocycles. The number of rotatable bonds is 6. The number of hydrogen-bond acceptors (Lipinski definition) is 4. The summed E-state index contributed by atoms with van der Waals surface area (Å²) in [5.41, 5.74) is 5.28.